The van der Waals surface area contributed by atoms with Crippen LogP contribution in [-0.2, 0) is 12.8 Å². The summed E-state index contributed by atoms with van der Waals surface area (Å²) < 4.78 is 5.19. The van der Waals surface area contributed by atoms with Crippen LogP contribution in [0.15, 0.2) is 36.2 Å². The van der Waals surface area contributed by atoms with Crippen LogP contribution in [0, 0.1) is 0 Å². The molecule has 1 atom stereocenters. The maximum Gasteiger partial charge on any atom is 0.161 e. The van der Waals surface area contributed by atoms with E-state index in [-0.39, 0.29) is 11.5 Å². The molecule has 1 rings (SSSR count). The van der Waals surface area contributed by atoms with Crippen LogP contribution in [0.4, 0.5) is 0 Å². The van der Waals surface area contributed by atoms with E-state index in [2.05, 4.69) is 11.9 Å². The smallest absolute Gasteiger partial charge is 0.161 e. The van der Waals surface area contributed by atoms with E-state index < -0.39 is 6.10 Å². The standard InChI is InChI=1S/C19H29NO4/c1-5-11-20-17(13(3)21)12-14-7-10-18(24-4)19(23)16(14)9-8-15(22)6-2/h5,7,10,15,20-23H,1,6,8-9,11-12H2,2-4H3/b17-13+. The fourth-order valence-electron chi connectivity index (χ4n) is 2.49. The second-order valence-electron chi connectivity index (χ2n) is 5.77. The number of aliphatic hydroxyl groups is 2. The molecule has 0 aliphatic heterocycles. The van der Waals surface area contributed by atoms with Gasteiger partial charge in [0.25, 0.3) is 0 Å². The highest BCUT2D eigenvalue weighted by Gasteiger charge is 2.16. The topological polar surface area (TPSA) is 82.0 Å². The van der Waals surface area contributed by atoms with Crippen LogP contribution in [0.2, 0.25) is 0 Å². The number of benzene rings is 1. The molecular weight excluding hydrogens is 306 g/mol. The third-order valence-corrected chi connectivity index (χ3v) is 4.03. The van der Waals surface area contributed by atoms with Gasteiger partial charge in [-0.15, -0.1) is 6.58 Å². The molecule has 4 N–H and O–H groups in total. The third-order valence-electron chi connectivity index (χ3n) is 4.03. The second-order valence-corrected chi connectivity index (χ2v) is 5.77. The van der Waals surface area contributed by atoms with Gasteiger partial charge in [-0.3, -0.25) is 0 Å². The normalized spacial score (nSPS) is 13.2. The van der Waals surface area contributed by atoms with E-state index in [1.54, 1.807) is 19.1 Å². The number of phenols is 1. The highest BCUT2D eigenvalue weighted by atomic mass is 16.5. The van der Waals surface area contributed by atoms with Crippen molar-refractivity contribution in [3.63, 3.8) is 0 Å². The Hall–Kier alpha value is -2.14. The quantitative estimate of drug-likeness (QED) is 0.390. The Morgan fingerprint density at radius 3 is 2.67 bits per heavy atom. The van der Waals surface area contributed by atoms with Gasteiger partial charge in [0.1, 0.15) is 5.76 Å². The molecule has 0 aromatic heterocycles. The molecular formula is C19H29NO4. The van der Waals surface area contributed by atoms with E-state index in [4.69, 9.17) is 4.74 Å². The summed E-state index contributed by atoms with van der Waals surface area (Å²) in [6, 6.07) is 3.59. The highest BCUT2D eigenvalue weighted by Crippen LogP contribution is 2.34. The first-order chi connectivity index (χ1) is 11.4. The lowest BCUT2D eigenvalue weighted by molar-refractivity contribution is 0.160. The van der Waals surface area contributed by atoms with E-state index in [0.717, 1.165) is 11.1 Å². The fraction of sp³-hybridized carbons (Fsp3) is 0.474. The van der Waals surface area contributed by atoms with Gasteiger partial charge in [-0.25, -0.2) is 0 Å². The molecule has 0 radical (unpaired) electrons. The van der Waals surface area contributed by atoms with E-state index in [0.29, 0.717) is 43.7 Å². The molecule has 1 aromatic rings. The SMILES string of the molecule is C=CCN/C(Cc1ccc(OC)c(O)c1CCC(O)CC)=C(\C)O. The fourth-order valence-corrected chi connectivity index (χ4v) is 2.49. The first-order valence-electron chi connectivity index (χ1n) is 8.23. The van der Waals surface area contributed by atoms with E-state index >= 15 is 0 Å². The highest BCUT2D eigenvalue weighted by molar-refractivity contribution is 5.51. The zero-order chi connectivity index (χ0) is 18.1. The van der Waals surface area contributed by atoms with Crippen LogP contribution >= 0.6 is 0 Å². The van der Waals surface area contributed by atoms with Crippen molar-refractivity contribution in [2.24, 2.45) is 0 Å². The minimum absolute atomic E-state index is 0.0944. The maximum atomic E-state index is 10.5. The number of rotatable bonds is 10. The summed E-state index contributed by atoms with van der Waals surface area (Å²) in [6.07, 6.45) is 3.52. The van der Waals surface area contributed by atoms with Crippen LogP contribution in [0.5, 0.6) is 11.5 Å². The molecule has 0 bridgehead atoms. The Bertz CT molecular complexity index is 577. The molecule has 0 amide bonds. The van der Waals surface area contributed by atoms with Crippen LogP contribution < -0.4 is 10.1 Å². The number of methoxy groups -OCH3 is 1. The summed E-state index contributed by atoms with van der Waals surface area (Å²) in [5.74, 6) is 0.703. The second kappa shape index (κ2) is 9.88. The van der Waals surface area contributed by atoms with Crippen molar-refractivity contribution in [3.05, 3.63) is 47.4 Å². The Morgan fingerprint density at radius 1 is 1.42 bits per heavy atom. The first-order valence-corrected chi connectivity index (χ1v) is 8.23. The third kappa shape index (κ3) is 5.49. The summed E-state index contributed by atoms with van der Waals surface area (Å²) >= 11 is 0. The molecule has 5 nitrogen and oxygen atoms in total. The predicted octanol–water partition coefficient (Wildman–Crippen LogP) is 3.21. The summed E-state index contributed by atoms with van der Waals surface area (Å²) in [6.45, 7) is 7.74. The zero-order valence-corrected chi connectivity index (χ0v) is 14.8. The number of aliphatic hydroxyl groups excluding tert-OH is 2. The van der Waals surface area contributed by atoms with E-state index in [1.165, 1.54) is 7.11 Å². The first kappa shape index (κ1) is 19.9. The Kier molecular flexibility index (Phi) is 8.19. The van der Waals surface area contributed by atoms with Crippen molar-refractivity contribution in [1.82, 2.24) is 5.32 Å². The Morgan fingerprint density at radius 2 is 2.12 bits per heavy atom. The molecule has 0 saturated heterocycles. The van der Waals surface area contributed by atoms with E-state index in [9.17, 15) is 15.3 Å². The monoisotopic (exact) mass is 335 g/mol. The molecule has 5 heteroatoms. The Labute approximate surface area is 144 Å². The largest absolute Gasteiger partial charge is 0.511 e. The van der Waals surface area contributed by atoms with Crippen molar-refractivity contribution < 1.29 is 20.1 Å². The van der Waals surface area contributed by atoms with Gasteiger partial charge in [0.2, 0.25) is 0 Å². The average molecular weight is 335 g/mol. The lowest BCUT2D eigenvalue weighted by Crippen LogP contribution is -2.18. The van der Waals surface area contributed by atoms with Crippen molar-refractivity contribution >= 4 is 0 Å². The van der Waals surface area contributed by atoms with Gasteiger partial charge in [0, 0.05) is 18.5 Å². The van der Waals surface area contributed by atoms with Gasteiger partial charge in [-0.05, 0) is 37.8 Å². The summed E-state index contributed by atoms with van der Waals surface area (Å²) in [5, 5.41) is 33.3. The average Bonchev–Trinajstić information content (AvgIpc) is 2.57. The Balaban J connectivity index is 3.13. The lowest BCUT2D eigenvalue weighted by Gasteiger charge is -2.18. The van der Waals surface area contributed by atoms with Crippen molar-refractivity contribution in [3.8, 4) is 11.5 Å². The maximum absolute atomic E-state index is 10.5. The summed E-state index contributed by atoms with van der Waals surface area (Å²) in [5.41, 5.74) is 2.30. The number of phenolic OH excluding ortho intramolecular Hbond substituents is 1. The number of hydrogen-bond donors (Lipinski definition) is 4. The number of ether oxygens (including phenoxy) is 1. The van der Waals surface area contributed by atoms with Crippen LogP contribution in [0.3, 0.4) is 0 Å². The number of aromatic hydroxyl groups is 1. The number of nitrogens with one attached hydrogen (secondary N) is 1. The van der Waals surface area contributed by atoms with Gasteiger partial charge in [-0.2, -0.15) is 0 Å². The molecule has 0 aliphatic carbocycles. The zero-order valence-electron chi connectivity index (χ0n) is 14.8. The summed E-state index contributed by atoms with van der Waals surface area (Å²) in [7, 11) is 1.51. The molecule has 0 saturated carbocycles. The van der Waals surface area contributed by atoms with Gasteiger partial charge >= 0.3 is 0 Å². The van der Waals surface area contributed by atoms with E-state index in [1.807, 2.05) is 13.0 Å². The lowest BCUT2D eigenvalue weighted by atomic mass is 9.95. The number of allylic oxidation sites excluding steroid dienone is 2. The van der Waals surface area contributed by atoms with Crippen LogP contribution in [0.25, 0.3) is 0 Å². The molecule has 0 heterocycles. The van der Waals surface area contributed by atoms with Crippen molar-refractivity contribution in [1.29, 1.82) is 0 Å². The van der Waals surface area contributed by atoms with Crippen LogP contribution in [-0.4, -0.2) is 35.1 Å². The molecule has 0 spiro atoms. The predicted molar refractivity (Wildman–Crippen MR) is 96.5 cm³/mol. The van der Waals surface area contributed by atoms with Gasteiger partial charge in [0.05, 0.1) is 18.9 Å². The van der Waals surface area contributed by atoms with Gasteiger partial charge < -0.3 is 25.4 Å². The minimum atomic E-state index is -0.406. The van der Waals surface area contributed by atoms with Gasteiger partial charge in [-0.1, -0.05) is 19.1 Å². The molecule has 0 fully saturated rings. The summed E-state index contributed by atoms with van der Waals surface area (Å²) in [4.78, 5) is 0. The van der Waals surface area contributed by atoms with Crippen molar-refractivity contribution in [2.45, 2.75) is 45.6 Å². The molecule has 24 heavy (non-hydrogen) atoms. The molecule has 1 unspecified atom stereocenters. The molecule has 1 aromatic carbocycles. The van der Waals surface area contributed by atoms with Crippen molar-refractivity contribution in [2.75, 3.05) is 13.7 Å². The van der Waals surface area contributed by atoms with Crippen LogP contribution in [0.1, 0.15) is 37.8 Å². The molecule has 134 valence electrons. The molecule has 0 aliphatic rings. The number of hydrogen-bond acceptors (Lipinski definition) is 5. The minimum Gasteiger partial charge on any atom is -0.511 e. The van der Waals surface area contributed by atoms with Gasteiger partial charge in [0.15, 0.2) is 11.5 Å².